The Kier molecular flexibility index (Phi) is 8.49. The van der Waals surface area contributed by atoms with Gasteiger partial charge in [0.25, 0.3) is 0 Å². The zero-order valence-corrected chi connectivity index (χ0v) is 19.9. The van der Waals surface area contributed by atoms with Gasteiger partial charge in [-0.2, -0.15) is 4.31 Å². The SMILES string of the molecule is COC(=O)c1cc(OC)c(OC)cc1NC(=O)CN(C)S(=O)(=O)c1cc(OC)ccc1OC. The summed E-state index contributed by atoms with van der Waals surface area (Å²) in [6.07, 6.45) is 0. The van der Waals surface area contributed by atoms with E-state index in [2.05, 4.69) is 5.32 Å². The van der Waals surface area contributed by atoms with Gasteiger partial charge in [0.15, 0.2) is 11.5 Å². The fourth-order valence-electron chi connectivity index (χ4n) is 2.89. The molecule has 0 aromatic heterocycles. The Bertz CT molecular complexity index is 1130. The van der Waals surface area contributed by atoms with Gasteiger partial charge in [0.2, 0.25) is 15.9 Å². The number of amides is 1. The Morgan fingerprint density at radius 2 is 1.48 bits per heavy atom. The first-order chi connectivity index (χ1) is 15.6. The van der Waals surface area contributed by atoms with Crippen molar-refractivity contribution in [2.75, 3.05) is 54.5 Å². The number of carbonyl (C=O) groups excluding carboxylic acids is 2. The average molecular weight is 483 g/mol. The highest BCUT2D eigenvalue weighted by Crippen LogP contribution is 2.34. The second-order valence-corrected chi connectivity index (χ2v) is 8.58. The summed E-state index contributed by atoms with van der Waals surface area (Å²) in [5, 5.41) is 2.52. The van der Waals surface area contributed by atoms with Crippen LogP contribution in [0.3, 0.4) is 0 Å². The Morgan fingerprint density at radius 1 is 0.879 bits per heavy atom. The molecular formula is C21H26N2O9S. The molecule has 1 N–H and O–H groups in total. The van der Waals surface area contributed by atoms with Crippen LogP contribution in [0.5, 0.6) is 23.0 Å². The van der Waals surface area contributed by atoms with Gasteiger partial charge in [0.1, 0.15) is 16.4 Å². The Hall–Kier alpha value is -3.51. The van der Waals surface area contributed by atoms with Crippen molar-refractivity contribution < 1.29 is 41.7 Å². The molecule has 0 aliphatic rings. The fourth-order valence-corrected chi connectivity index (χ4v) is 4.19. The Labute approximate surface area is 192 Å². The van der Waals surface area contributed by atoms with Crippen LogP contribution in [0, 0.1) is 0 Å². The van der Waals surface area contributed by atoms with Crippen molar-refractivity contribution >= 4 is 27.6 Å². The van der Waals surface area contributed by atoms with Crippen molar-refractivity contribution in [2.45, 2.75) is 4.90 Å². The summed E-state index contributed by atoms with van der Waals surface area (Å²) in [6.45, 7) is -0.558. The monoisotopic (exact) mass is 482 g/mol. The maximum absolute atomic E-state index is 13.1. The van der Waals surface area contributed by atoms with Gasteiger partial charge in [-0.15, -0.1) is 0 Å². The third kappa shape index (κ3) is 5.65. The van der Waals surface area contributed by atoms with E-state index < -0.39 is 28.4 Å². The number of carbonyl (C=O) groups is 2. The van der Waals surface area contributed by atoms with E-state index in [0.29, 0.717) is 5.75 Å². The lowest BCUT2D eigenvalue weighted by atomic mass is 10.1. The van der Waals surface area contributed by atoms with Crippen molar-refractivity contribution in [3.05, 3.63) is 35.9 Å². The molecule has 0 spiro atoms. The molecule has 11 nitrogen and oxygen atoms in total. The molecule has 0 unspecified atom stereocenters. The molecule has 33 heavy (non-hydrogen) atoms. The van der Waals surface area contributed by atoms with Crippen LogP contribution >= 0.6 is 0 Å². The molecule has 0 radical (unpaired) electrons. The van der Waals surface area contributed by atoms with E-state index in [1.165, 1.54) is 66.9 Å². The third-order valence-corrected chi connectivity index (χ3v) is 6.45. The number of sulfonamides is 1. The zero-order valence-electron chi connectivity index (χ0n) is 19.1. The quantitative estimate of drug-likeness (QED) is 0.504. The minimum Gasteiger partial charge on any atom is -0.497 e. The van der Waals surface area contributed by atoms with Gasteiger partial charge in [-0.3, -0.25) is 4.79 Å². The van der Waals surface area contributed by atoms with Crippen LogP contribution in [0.2, 0.25) is 0 Å². The normalized spacial score (nSPS) is 11.0. The van der Waals surface area contributed by atoms with E-state index >= 15 is 0 Å². The number of likely N-dealkylation sites (N-methyl/N-ethyl adjacent to an activating group) is 1. The highest BCUT2D eigenvalue weighted by atomic mass is 32.2. The fraction of sp³-hybridized carbons (Fsp3) is 0.333. The lowest BCUT2D eigenvalue weighted by Crippen LogP contribution is -2.35. The number of hydrogen-bond donors (Lipinski definition) is 1. The summed E-state index contributed by atoms with van der Waals surface area (Å²) in [5.74, 6) is -0.534. The van der Waals surface area contributed by atoms with Gasteiger partial charge < -0.3 is 29.0 Å². The number of nitrogens with one attached hydrogen (secondary N) is 1. The Morgan fingerprint density at radius 3 is 2.03 bits per heavy atom. The Balaban J connectivity index is 2.33. The van der Waals surface area contributed by atoms with E-state index in [-0.39, 0.29) is 33.4 Å². The van der Waals surface area contributed by atoms with Crippen molar-refractivity contribution in [2.24, 2.45) is 0 Å². The first-order valence-corrected chi connectivity index (χ1v) is 10.9. The van der Waals surface area contributed by atoms with E-state index in [1.54, 1.807) is 6.07 Å². The molecular weight excluding hydrogens is 456 g/mol. The van der Waals surface area contributed by atoms with Gasteiger partial charge in [0.05, 0.1) is 53.3 Å². The second kappa shape index (κ2) is 10.9. The molecule has 12 heteroatoms. The van der Waals surface area contributed by atoms with Gasteiger partial charge in [-0.25, -0.2) is 13.2 Å². The van der Waals surface area contributed by atoms with Crippen molar-refractivity contribution in [3.63, 3.8) is 0 Å². The summed E-state index contributed by atoms with van der Waals surface area (Å²) < 4.78 is 52.4. The molecule has 0 saturated heterocycles. The molecule has 2 aromatic rings. The summed E-state index contributed by atoms with van der Waals surface area (Å²) in [7, 11) is 3.82. The minimum absolute atomic E-state index is 0.00322. The molecule has 2 rings (SSSR count). The molecule has 1 amide bonds. The van der Waals surface area contributed by atoms with Crippen LogP contribution in [0.25, 0.3) is 0 Å². The molecule has 2 aromatic carbocycles. The molecule has 180 valence electrons. The number of nitrogens with zero attached hydrogens (tertiary/aromatic N) is 1. The first kappa shape index (κ1) is 25.7. The molecule has 0 fully saturated rings. The maximum Gasteiger partial charge on any atom is 0.340 e. The van der Waals surface area contributed by atoms with Crippen LogP contribution in [0.15, 0.2) is 35.2 Å². The number of hydrogen-bond acceptors (Lipinski definition) is 9. The van der Waals surface area contributed by atoms with Crippen molar-refractivity contribution in [1.82, 2.24) is 4.31 Å². The smallest absolute Gasteiger partial charge is 0.340 e. The van der Waals surface area contributed by atoms with E-state index in [1.807, 2.05) is 0 Å². The lowest BCUT2D eigenvalue weighted by molar-refractivity contribution is -0.116. The molecule has 0 atom stereocenters. The zero-order chi connectivity index (χ0) is 24.8. The third-order valence-electron chi connectivity index (χ3n) is 4.63. The highest BCUT2D eigenvalue weighted by molar-refractivity contribution is 7.89. The molecule has 0 saturated carbocycles. The van der Waals surface area contributed by atoms with Crippen LogP contribution in [0.4, 0.5) is 5.69 Å². The van der Waals surface area contributed by atoms with Crippen LogP contribution in [-0.4, -0.2) is 73.7 Å². The molecule has 0 bridgehead atoms. The standard InChI is InChI=1S/C21H26N2O9S/c1-23(33(26,27)19-9-13(28-2)7-8-16(19)29-3)12-20(24)22-15-11-18(31-5)17(30-4)10-14(15)21(25)32-6/h7-11H,12H2,1-6H3,(H,22,24). The number of methoxy groups -OCH3 is 5. The van der Waals surface area contributed by atoms with Crippen LogP contribution in [0.1, 0.15) is 10.4 Å². The average Bonchev–Trinajstić information content (AvgIpc) is 2.82. The lowest BCUT2D eigenvalue weighted by Gasteiger charge is -2.20. The summed E-state index contributed by atoms with van der Waals surface area (Å²) in [6, 6.07) is 7.03. The van der Waals surface area contributed by atoms with E-state index in [4.69, 9.17) is 23.7 Å². The summed E-state index contributed by atoms with van der Waals surface area (Å²) in [5.41, 5.74) is 0.0673. The van der Waals surface area contributed by atoms with E-state index in [9.17, 15) is 18.0 Å². The molecule has 0 heterocycles. The second-order valence-electron chi connectivity index (χ2n) is 6.57. The predicted octanol–water partition coefficient (Wildman–Crippen LogP) is 1.77. The summed E-state index contributed by atoms with van der Waals surface area (Å²) >= 11 is 0. The van der Waals surface area contributed by atoms with Gasteiger partial charge in [-0.1, -0.05) is 0 Å². The van der Waals surface area contributed by atoms with Crippen molar-refractivity contribution in [1.29, 1.82) is 0 Å². The highest BCUT2D eigenvalue weighted by Gasteiger charge is 2.28. The number of anilines is 1. The number of esters is 1. The number of ether oxygens (including phenoxy) is 5. The van der Waals surface area contributed by atoms with Crippen LogP contribution < -0.4 is 24.3 Å². The summed E-state index contributed by atoms with van der Waals surface area (Å²) in [4.78, 5) is 24.7. The molecule has 0 aliphatic carbocycles. The largest absolute Gasteiger partial charge is 0.497 e. The number of rotatable bonds is 10. The van der Waals surface area contributed by atoms with Crippen LogP contribution in [-0.2, 0) is 19.6 Å². The first-order valence-electron chi connectivity index (χ1n) is 9.45. The minimum atomic E-state index is -4.13. The topological polar surface area (TPSA) is 130 Å². The molecule has 0 aliphatic heterocycles. The van der Waals surface area contributed by atoms with Gasteiger partial charge >= 0.3 is 5.97 Å². The predicted molar refractivity (Wildman–Crippen MR) is 119 cm³/mol. The number of benzene rings is 2. The van der Waals surface area contributed by atoms with Gasteiger partial charge in [0, 0.05) is 25.2 Å². The van der Waals surface area contributed by atoms with Crippen molar-refractivity contribution in [3.8, 4) is 23.0 Å². The van der Waals surface area contributed by atoms with E-state index in [0.717, 1.165) is 4.31 Å². The van der Waals surface area contributed by atoms with Gasteiger partial charge in [-0.05, 0) is 12.1 Å². The maximum atomic E-state index is 13.1.